The van der Waals surface area contributed by atoms with E-state index in [4.69, 9.17) is 13.9 Å². The highest BCUT2D eigenvalue weighted by atomic mass is 16.5. The van der Waals surface area contributed by atoms with Gasteiger partial charge in [-0.2, -0.15) is 0 Å². The molecule has 0 saturated heterocycles. The highest BCUT2D eigenvalue weighted by molar-refractivity contribution is 5.86. The first-order valence-electron chi connectivity index (χ1n) is 5.17. The molecule has 0 amide bonds. The summed E-state index contributed by atoms with van der Waals surface area (Å²) in [5, 5.41) is 0. The highest BCUT2D eigenvalue weighted by Gasteiger charge is 2.12. The molecule has 0 saturated carbocycles. The summed E-state index contributed by atoms with van der Waals surface area (Å²) in [6, 6.07) is 3.26. The van der Waals surface area contributed by atoms with Gasteiger partial charge < -0.3 is 13.9 Å². The van der Waals surface area contributed by atoms with Crippen molar-refractivity contribution < 1.29 is 18.7 Å². The molecule has 1 aromatic heterocycles. The van der Waals surface area contributed by atoms with Crippen molar-refractivity contribution in [3.8, 4) is 0 Å². The van der Waals surface area contributed by atoms with E-state index in [1.165, 1.54) is 0 Å². The minimum Gasteiger partial charge on any atom is -0.491 e. The summed E-state index contributed by atoms with van der Waals surface area (Å²) in [4.78, 5) is 11.4. The predicted molar refractivity (Wildman–Crippen MR) is 58.9 cm³/mol. The molecule has 0 unspecified atom stereocenters. The van der Waals surface area contributed by atoms with Crippen LogP contribution in [0.4, 0.5) is 0 Å². The summed E-state index contributed by atoms with van der Waals surface area (Å²) in [5.74, 6) is 0.940. The second kappa shape index (κ2) is 6.00. The van der Waals surface area contributed by atoms with Crippen LogP contribution in [0.15, 0.2) is 28.9 Å². The normalized spacial score (nSPS) is 9.88. The summed E-state index contributed by atoms with van der Waals surface area (Å²) in [7, 11) is 0. The fourth-order valence-corrected chi connectivity index (χ4v) is 1.03. The molecule has 4 nitrogen and oxygen atoms in total. The van der Waals surface area contributed by atoms with Crippen LogP contribution in [0.1, 0.15) is 36.6 Å². The number of furan rings is 1. The summed E-state index contributed by atoms with van der Waals surface area (Å²) < 4.78 is 15.3. The minimum atomic E-state index is -0.441. The van der Waals surface area contributed by atoms with Crippen LogP contribution in [0.5, 0.6) is 0 Å². The van der Waals surface area contributed by atoms with Gasteiger partial charge >= 0.3 is 5.97 Å². The summed E-state index contributed by atoms with van der Waals surface area (Å²) in [5.41, 5.74) is 0. The van der Waals surface area contributed by atoms with Crippen molar-refractivity contribution in [2.75, 3.05) is 6.61 Å². The maximum atomic E-state index is 11.4. The monoisotopic (exact) mass is 224 g/mol. The number of rotatable bonds is 6. The molecule has 1 rings (SSSR count). The molecule has 0 radical (unpaired) electrons. The molecule has 16 heavy (non-hydrogen) atoms. The quantitative estimate of drug-likeness (QED) is 0.550. The lowest BCUT2D eigenvalue weighted by Crippen LogP contribution is -2.04. The molecule has 4 heteroatoms. The van der Waals surface area contributed by atoms with E-state index in [-0.39, 0.29) is 12.4 Å². The molecular formula is C12H16O4. The maximum Gasteiger partial charge on any atom is 0.374 e. The van der Waals surface area contributed by atoms with E-state index in [0.29, 0.717) is 18.1 Å². The molecule has 1 aromatic rings. The molecule has 0 spiro atoms. The van der Waals surface area contributed by atoms with Crippen LogP contribution in [0, 0.1) is 0 Å². The second-order valence-electron chi connectivity index (χ2n) is 3.39. The van der Waals surface area contributed by atoms with Gasteiger partial charge in [0.05, 0.1) is 12.4 Å². The van der Waals surface area contributed by atoms with Crippen LogP contribution in [0.2, 0.25) is 0 Å². The van der Waals surface area contributed by atoms with Crippen LogP contribution >= 0.6 is 0 Å². The lowest BCUT2D eigenvalue weighted by Gasteiger charge is -2.01. The molecule has 0 N–H and O–H groups in total. The van der Waals surface area contributed by atoms with Crippen molar-refractivity contribution >= 4 is 5.97 Å². The average molecular weight is 224 g/mol. The zero-order valence-electron chi connectivity index (χ0n) is 9.62. The minimum absolute atomic E-state index is 0.203. The lowest BCUT2D eigenvalue weighted by atomic mass is 10.4. The average Bonchev–Trinajstić information content (AvgIpc) is 2.71. The number of carbonyl (C=O) groups is 1. The van der Waals surface area contributed by atoms with Crippen LogP contribution in [0.25, 0.3) is 0 Å². The number of hydrogen-bond donors (Lipinski definition) is 0. The summed E-state index contributed by atoms with van der Waals surface area (Å²) >= 11 is 0. The second-order valence-corrected chi connectivity index (χ2v) is 3.39. The standard InChI is InChI=1S/C12H16O4/c1-4-7-14-12(13)11-6-5-10(16-11)8-15-9(2)3/h5-6H,2,4,7-8H2,1,3H3. The van der Waals surface area contributed by atoms with Crippen molar-refractivity contribution in [1.82, 2.24) is 0 Å². The van der Waals surface area contributed by atoms with Gasteiger partial charge in [-0.3, -0.25) is 0 Å². The largest absolute Gasteiger partial charge is 0.491 e. The molecule has 1 heterocycles. The first-order valence-corrected chi connectivity index (χ1v) is 5.17. The van der Waals surface area contributed by atoms with Crippen molar-refractivity contribution in [1.29, 1.82) is 0 Å². The van der Waals surface area contributed by atoms with Crippen LogP contribution in [0.3, 0.4) is 0 Å². The Kier molecular flexibility index (Phi) is 4.64. The third-order valence-corrected chi connectivity index (χ3v) is 1.76. The number of allylic oxidation sites excluding steroid dienone is 1. The van der Waals surface area contributed by atoms with Gasteiger partial charge in [0.15, 0.2) is 0 Å². The summed E-state index contributed by atoms with van der Waals surface area (Å²) in [6.07, 6.45) is 0.790. The Labute approximate surface area is 94.8 Å². The topological polar surface area (TPSA) is 48.7 Å². The van der Waals surface area contributed by atoms with E-state index >= 15 is 0 Å². The Morgan fingerprint density at radius 3 is 2.81 bits per heavy atom. The smallest absolute Gasteiger partial charge is 0.374 e. The highest BCUT2D eigenvalue weighted by Crippen LogP contribution is 2.11. The van der Waals surface area contributed by atoms with Gasteiger partial charge in [-0.15, -0.1) is 0 Å². The Morgan fingerprint density at radius 2 is 2.19 bits per heavy atom. The molecular weight excluding hydrogens is 208 g/mol. The van der Waals surface area contributed by atoms with Gasteiger partial charge in [0.1, 0.15) is 12.4 Å². The molecule has 0 atom stereocenters. The first kappa shape index (κ1) is 12.4. The van der Waals surface area contributed by atoms with E-state index in [2.05, 4.69) is 6.58 Å². The van der Waals surface area contributed by atoms with Gasteiger partial charge in [0, 0.05) is 0 Å². The van der Waals surface area contributed by atoms with Gasteiger partial charge in [0.25, 0.3) is 0 Å². The van der Waals surface area contributed by atoms with Gasteiger partial charge in [-0.1, -0.05) is 13.5 Å². The van der Waals surface area contributed by atoms with Crippen LogP contribution in [-0.2, 0) is 16.1 Å². The van der Waals surface area contributed by atoms with Crippen LogP contribution < -0.4 is 0 Å². The molecule has 0 aliphatic rings. The Hall–Kier alpha value is -1.71. The predicted octanol–water partition coefficient (Wildman–Crippen LogP) is 2.90. The Bertz CT molecular complexity index is 365. The molecule has 0 aromatic carbocycles. The van der Waals surface area contributed by atoms with Crippen molar-refractivity contribution in [2.45, 2.75) is 26.9 Å². The molecule has 0 bridgehead atoms. The van der Waals surface area contributed by atoms with Crippen molar-refractivity contribution in [3.05, 3.63) is 36.0 Å². The lowest BCUT2D eigenvalue weighted by molar-refractivity contribution is 0.0463. The van der Waals surface area contributed by atoms with E-state index < -0.39 is 5.97 Å². The van der Waals surface area contributed by atoms with E-state index in [1.54, 1.807) is 19.1 Å². The third-order valence-electron chi connectivity index (χ3n) is 1.76. The van der Waals surface area contributed by atoms with Gasteiger partial charge in [-0.25, -0.2) is 4.79 Å². The van der Waals surface area contributed by atoms with E-state index in [0.717, 1.165) is 6.42 Å². The Balaban J connectivity index is 2.50. The zero-order valence-corrected chi connectivity index (χ0v) is 9.62. The molecule has 0 aliphatic carbocycles. The number of carbonyl (C=O) groups excluding carboxylic acids is 1. The number of ether oxygens (including phenoxy) is 2. The van der Waals surface area contributed by atoms with E-state index in [1.807, 2.05) is 6.92 Å². The van der Waals surface area contributed by atoms with Crippen molar-refractivity contribution in [2.24, 2.45) is 0 Å². The van der Waals surface area contributed by atoms with Gasteiger partial charge in [0.2, 0.25) is 5.76 Å². The molecule has 0 fully saturated rings. The number of hydrogen-bond acceptors (Lipinski definition) is 4. The Morgan fingerprint density at radius 1 is 1.44 bits per heavy atom. The third kappa shape index (κ3) is 3.81. The number of esters is 1. The molecule has 0 aliphatic heterocycles. The SMILES string of the molecule is C=C(C)OCc1ccc(C(=O)OCCC)o1. The van der Waals surface area contributed by atoms with Crippen molar-refractivity contribution in [3.63, 3.8) is 0 Å². The van der Waals surface area contributed by atoms with Crippen LogP contribution in [-0.4, -0.2) is 12.6 Å². The first-order chi connectivity index (χ1) is 7.63. The van der Waals surface area contributed by atoms with Gasteiger partial charge in [-0.05, 0) is 25.5 Å². The fraction of sp³-hybridized carbons (Fsp3) is 0.417. The maximum absolute atomic E-state index is 11.4. The fourth-order valence-electron chi connectivity index (χ4n) is 1.03. The van der Waals surface area contributed by atoms with E-state index in [9.17, 15) is 4.79 Å². The molecule has 88 valence electrons. The zero-order chi connectivity index (χ0) is 12.0. The summed E-state index contributed by atoms with van der Waals surface area (Å²) in [6.45, 7) is 7.95.